The molecule has 1 aliphatic heterocycles. The molecule has 3 atom stereocenters. The van der Waals surface area contributed by atoms with E-state index in [9.17, 15) is 0 Å². The molecule has 0 bridgehead atoms. The zero-order valence-corrected chi connectivity index (χ0v) is 9.22. The van der Waals surface area contributed by atoms with Gasteiger partial charge in [0.2, 0.25) is 0 Å². The molecule has 0 aromatic rings. The first-order valence-electron chi connectivity index (χ1n) is 5.32. The summed E-state index contributed by atoms with van der Waals surface area (Å²) >= 11 is 2.04. The summed E-state index contributed by atoms with van der Waals surface area (Å²) in [6.07, 6.45) is 7.66. The second-order valence-corrected chi connectivity index (χ2v) is 5.51. The van der Waals surface area contributed by atoms with E-state index < -0.39 is 0 Å². The first kappa shape index (κ1) is 9.81. The average Bonchev–Trinajstić information content (AvgIpc) is 2.71. The molecule has 1 heterocycles. The van der Waals surface area contributed by atoms with Crippen LogP contribution in [0.25, 0.3) is 0 Å². The minimum Gasteiger partial charge on any atom is -0.326 e. The van der Waals surface area contributed by atoms with Crippen LogP contribution < -0.4 is 5.73 Å². The fraction of sp³-hybridized carbons (Fsp3) is 1.00. The Kier molecular flexibility index (Phi) is 3.17. The van der Waals surface area contributed by atoms with Gasteiger partial charge in [-0.05, 0) is 31.9 Å². The van der Waals surface area contributed by atoms with Gasteiger partial charge in [-0.2, -0.15) is 11.8 Å². The van der Waals surface area contributed by atoms with Crippen molar-refractivity contribution in [3.05, 3.63) is 0 Å². The molecule has 2 fully saturated rings. The maximum absolute atomic E-state index is 5.91. The molecule has 3 heteroatoms. The molecule has 1 saturated heterocycles. The van der Waals surface area contributed by atoms with Gasteiger partial charge in [0.1, 0.15) is 0 Å². The van der Waals surface area contributed by atoms with Crippen molar-refractivity contribution in [2.24, 2.45) is 5.73 Å². The lowest BCUT2D eigenvalue weighted by Gasteiger charge is -2.23. The van der Waals surface area contributed by atoms with E-state index in [1.54, 1.807) is 0 Å². The Morgan fingerprint density at radius 2 is 2.15 bits per heavy atom. The van der Waals surface area contributed by atoms with E-state index in [4.69, 9.17) is 5.73 Å². The molecule has 0 aromatic heterocycles. The van der Waals surface area contributed by atoms with E-state index in [2.05, 4.69) is 11.2 Å². The first-order chi connectivity index (χ1) is 6.29. The predicted octanol–water partition coefficient (Wildman–Crippen LogP) is 1.30. The van der Waals surface area contributed by atoms with Crippen LogP contribution in [0, 0.1) is 0 Å². The van der Waals surface area contributed by atoms with E-state index >= 15 is 0 Å². The highest BCUT2D eigenvalue weighted by molar-refractivity contribution is 7.99. The summed E-state index contributed by atoms with van der Waals surface area (Å²) in [5, 5.41) is 0.918. The van der Waals surface area contributed by atoms with Gasteiger partial charge >= 0.3 is 0 Å². The highest BCUT2D eigenvalue weighted by Crippen LogP contribution is 2.32. The Bertz CT molecular complexity index is 174. The van der Waals surface area contributed by atoms with E-state index in [-0.39, 0.29) is 0 Å². The monoisotopic (exact) mass is 200 g/mol. The van der Waals surface area contributed by atoms with Crippen molar-refractivity contribution < 1.29 is 0 Å². The summed E-state index contributed by atoms with van der Waals surface area (Å²) in [6.45, 7) is 2.39. The van der Waals surface area contributed by atoms with Crippen molar-refractivity contribution in [2.45, 2.75) is 43.0 Å². The Balaban J connectivity index is 1.82. The van der Waals surface area contributed by atoms with Crippen LogP contribution in [0.2, 0.25) is 0 Å². The van der Waals surface area contributed by atoms with Gasteiger partial charge in [-0.25, -0.2) is 0 Å². The van der Waals surface area contributed by atoms with E-state index in [1.807, 2.05) is 11.8 Å². The standard InChI is InChI=1S/C10H20N2S/c1-13-10-3-2-9(6-10)12-5-4-8(11)7-12/h8-10H,2-7,11H2,1H3. The second-order valence-electron chi connectivity index (χ2n) is 4.37. The van der Waals surface area contributed by atoms with Crippen LogP contribution in [0.5, 0.6) is 0 Å². The molecule has 2 N–H and O–H groups in total. The quantitative estimate of drug-likeness (QED) is 0.728. The number of nitrogens with zero attached hydrogens (tertiary/aromatic N) is 1. The SMILES string of the molecule is CSC1CCC(N2CCC(N)C2)C1. The molecule has 0 aromatic carbocycles. The predicted molar refractivity (Wildman–Crippen MR) is 59.1 cm³/mol. The molecule has 2 rings (SSSR count). The summed E-state index contributed by atoms with van der Waals surface area (Å²) in [7, 11) is 0. The molecule has 13 heavy (non-hydrogen) atoms. The molecular weight excluding hydrogens is 180 g/mol. The van der Waals surface area contributed by atoms with Gasteiger partial charge in [0, 0.05) is 30.4 Å². The van der Waals surface area contributed by atoms with Gasteiger partial charge in [-0.3, -0.25) is 4.90 Å². The van der Waals surface area contributed by atoms with Gasteiger partial charge in [0.05, 0.1) is 0 Å². The van der Waals surface area contributed by atoms with Crippen LogP contribution in [0.4, 0.5) is 0 Å². The molecule has 0 amide bonds. The first-order valence-corrected chi connectivity index (χ1v) is 6.61. The van der Waals surface area contributed by atoms with E-state index in [0.717, 1.165) is 17.8 Å². The summed E-state index contributed by atoms with van der Waals surface area (Å²) in [6, 6.07) is 1.30. The number of hydrogen-bond donors (Lipinski definition) is 1. The summed E-state index contributed by atoms with van der Waals surface area (Å²) in [5.74, 6) is 0. The fourth-order valence-corrected chi connectivity index (χ4v) is 3.40. The van der Waals surface area contributed by atoms with Crippen molar-refractivity contribution >= 4 is 11.8 Å². The third-order valence-electron chi connectivity index (χ3n) is 3.46. The largest absolute Gasteiger partial charge is 0.326 e. The van der Waals surface area contributed by atoms with Crippen LogP contribution in [-0.4, -0.2) is 41.6 Å². The third-order valence-corrected chi connectivity index (χ3v) is 4.56. The van der Waals surface area contributed by atoms with Crippen LogP contribution >= 0.6 is 11.8 Å². The van der Waals surface area contributed by atoms with Crippen molar-refractivity contribution in [3.63, 3.8) is 0 Å². The highest BCUT2D eigenvalue weighted by atomic mass is 32.2. The van der Waals surface area contributed by atoms with Crippen LogP contribution in [0.15, 0.2) is 0 Å². The Hall–Kier alpha value is 0.270. The molecule has 2 nitrogen and oxygen atoms in total. The van der Waals surface area contributed by atoms with Crippen LogP contribution in [-0.2, 0) is 0 Å². The Morgan fingerprint density at radius 1 is 1.31 bits per heavy atom. The van der Waals surface area contributed by atoms with Gasteiger partial charge in [-0.1, -0.05) is 0 Å². The average molecular weight is 200 g/mol. The summed E-state index contributed by atoms with van der Waals surface area (Å²) < 4.78 is 0. The van der Waals surface area contributed by atoms with Gasteiger partial charge in [-0.15, -0.1) is 0 Å². The lowest BCUT2D eigenvalue weighted by atomic mass is 10.2. The normalized spacial score (nSPS) is 41.5. The smallest absolute Gasteiger partial charge is 0.0180 e. The van der Waals surface area contributed by atoms with Crippen molar-refractivity contribution in [3.8, 4) is 0 Å². The van der Waals surface area contributed by atoms with Crippen molar-refractivity contribution in [1.82, 2.24) is 4.90 Å². The summed E-state index contributed by atoms with van der Waals surface area (Å²) in [5.41, 5.74) is 5.91. The van der Waals surface area contributed by atoms with E-state index in [1.165, 1.54) is 32.2 Å². The molecule has 3 unspecified atom stereocenters. The lowest BCUT2D eigenvalue weighted by Crippen LogP contribution is -2.34. The molecule has 2 aliphatic rings. The number of thioether (sulfide) groups is 1. The maximum Gasteiger partial charge on any atom is 0.0180 e. The fourth-order valence-electron chi connectivity index (χ4n) is 2.61. The number of nitrogens with two attached hydrogens (primary N) is 1. The van der Waals surface area contributed by atoms with Gasteiger partial charge in [0.25, 0.3) is 0 Å². The van der Waals surface area contributed by atoms with Gasteiger partial charge < -0.3 is 5.73 Å². The van der Waals surface area contributed by atoms with E-state index in [0.29, 0.717) is 6.04 Å². The number of rotatable bonds is 2. The van der Waals surface area contributed by atoms with Crippen LogP contribution in [0.1, 0.15) is 25.7 Å². The number of hydrogen-bond acceptors (Lipinski definition) is 3. The molecule has 1 aliphatic carbocycles. The van der Waals surface area contributed by atoms with Crippen molar-refractivity contribution in [2.75, 3.05) is 19.3 Å². The molecule has 76 valence electrons. The van der Waals surface area contributed by atoms with Gasteiger partial charge in [0.15, 0.2) is 0 Å². The van der Waals surface area contributed by atoms with Crippen LogP contribution in [0.3, 0.4) is 0 Å². The third kappa shape index (κ3) is 2.20. The zero-order valence-electron chi connectivity index (χ0n) is 8.41. The minimum absolute atomic E-state index is 0.452. The van der Waals surface area contributed by atoms with Crippen molar-refractivity contribution in [1.29, 1.82) is 0 Å². The topological polar surface area (TPSA) is 29.3 Å². The Morgan fingerprint density at radius 3 is 2.69 bits per heavy atom. The molecule has 0 spiro atoms. The second kappa shape index (κ2) is 4.20. The summed E-state index contributed by atoms with van der Waals surface area (Å²) in [4.78, 5) is 2.61. The Labute approximate surface area is 85.2 Å². The maximum atomic E-state index is 5.91. The number of likely N-dealkylation sites (tertiary alicyclic amines) is 1. The molecule has 1 saturated carbocycles. The molecule has 0 radical (unpaired) electrons. The minimum atomic E-state index is 0.452. The molecular formula is C10H20N2S. The lowest BCUT2D eigenvalue weighted by molar-refractivity contribution is 0.244. The zero-order chi connectivity index (χ0) is 9.26. The highest BCUT2D eigenvalue weighted by Gasteiger charge is 2.32.